The maximum absolute atomic E-state index is 13.8. The van der Waals surface area contributed by atoms with E-state index in [1.807, 2.05) is 12.1 Å². The van der Waals surface area contributed by atoms with Gasteiger partial charge in [0.1, 0.15) is 11.8 Å². The summed E-state index contributed by atoms with van der Waals surface area (Å²) in [6, 6.07) is 8.25. The van der Waals surface area contributed by atoms with Gasteiger partial charge in [-0.1, -0.05) is 50.5 Å². The Morgan fingerprint density at radius 2 is 2.00 bits per heavy atom. The molecule has 152 valence electrons. The third kappa shape index (κ3) is 4.76. The van der Waals surface area contributed by atoms with E-state index in [-0.39, 0.29) is 18.5 Å². The van der Waals surface area contributed by atoms with Crippen molar-refractivity contribution in [3.63, 3.8) is 0 Å². The van der Waals surface area contributed by atoms with Gasteiger partial charge in [-0.2, -0.15) is 13.2 Å². The molecule has 0 spiro atoms. The van der Waals surface area contributed by atoms with Crippen molar-refractivity contribution in [2.75, 3.05) is 13.2 Å². The summed E-state index contributed by atoms with van der Waals surface area (Å²) < 4.78 is 47.2. The monoisotopic (exact) mass is 394 g/mol. The number of nitrogens with zero attached hydrogens (tertiary/aromatic N) is 1. The van der Waals surface area contributed by atoms with Crippen molar-refractivity contribution in [1.29, 1.82) is 0 Å². The highest BCUT2D eigenvalue weighted by molar-refractivity contribution is 5.89. The Morgan fingerprint density at radius 1 is 1.18 bits per heavy atom. The predicted molar refractivity (Wildman–Crippen MR) is 102 cm³/mol. The molecular weight excluding hydrogens is 369 g/mol. The van der Waals surface area contributed by atoms with Crippen molar-refractivity contribution in [3.05, 3.63) is 42.0 Å². The minimum absolute atomic E-state index is 0.0244. The van der Waals surface area contributed by atoms with Gasteiger partial charge in [-0.3, -0.25) is 10.2 Å². The van der Waals surface area contributed by atoms with Crippen molar-refractivity contribution >= 4 is 16.7 Å². The molecule has 0 bridgehead atoms. The van der Waals surface area contributed by atoms with Crippen LogP contribution >= 0.6 is 0 Å². The van der Waals surface area contributed by atoms with Crippen LogP contribution < -0.4 is 10.2 Å². The Kier molecular flexibility index (Phi) is 6.44. The standard InChI is InChI=1S/C21H25F3N2O2/c1-2-3-4-5-13-28-18-8-6-7-15-9-10-16(14-17(15)18)20(21(22,23)24)26-12-11-19(27)25-26/h6-10,14,20H,2-5,11-13H2,1H3,(H,25,27)/t20-/m0/s1. The SMILES string of the molecule is CCCCCCOc1cccc2ccc([C@H](N3CCC(=O)N3)C(F)(F)F)cc12. The molecule has 1 atom stereocenters. The number of hydrogen-bond donors (Lipinski definition) is 1. The Bertz CT molecular complexity index is 823. The minimum Gasteiger partial charge on any atom is -0.493 e. The second-order valence-electron chi connectivity index (χ2n) is 7.07. The lowest BCUT2D eigenvalue weighted by Gasteiger charge is -2.29. The first-order chi connectivity index (χ1) is 13.4. The molecule has 1 saturated heterocycles. The van der Waals surface area contributed by atoms with E-state index in [1.54, 1.807) is 12.1 Å². The minimum atomic E-state index is -4.51. The van der Waals surface area contributed by atoms with Gasteiger partial charge in [0, 0.05) is 18.4 Å². The third-order valence-electron chi connectivity index (χ3n) is 4.91. The van der Waals surface area contributed by atoms with Gasteiger partial charge >= 0.3 is 6.18 Å². The van der Waals surface area contributed by atoms with E-state index in [4.69, 9.17) is 4.74 Å². The lowest BCUT2D eigenvalue weighted by atomic mass is 10.0. The Labute approximate surface area is 162 Å². The van der Waals surface area contributed by atoms with Crippen molar-refractivity contribution in [2.45, 2.75) is 51.2 Å². The summed E-state index contributed by atoms with van der Waals surface area (Å²) >= 11 is 0. The zero-order valence-electron chi connectivity index (χ0n) is 15.9. The molecule has 0 aromatic heterocycles. The molecule has 1 aliphatic heterocycles. The van der Waals surface area contributed by atoms with Crippen LogP contribution in [0.1, 0.15) is 50.6 Å². The van der Waals surface area contributed by atoms with Gasteiger partial charge in [-0.15, -0.1) is 0 Å². The van der Waals surface area contributed by atoms with Crippen LogP contribution in [-0.2, 0) is 4.79 Å². The number of hydrogen-bond acceptors (Lipinski definition) is 3. The highest BCUT2D eigenvalue weighted by Crippen LogP contribution is 2.40. The van der Waals surface area contributed by atoms with Crippen LogP contribution in [0.3, 0.4) is 0 Å². The second kappa shape index (κ2) is 8.82. The predicted octanol–water partition coefficient (Wildman–Crippen LogP) is 5.14. The number of carbonyl (C=O) groups excluding carboxylic acids is 1. The third-order valence-corrected chi connectivity index (χ3v) is 4.91. The summed E-state index contributed by atoms with van der Waals surface area (Å²) in [5.74, 6) is 0.188. The number of ether oxygens (including phenoxy) is 1. The van der Waals surface area contributed by atoms with Crippen molar-refractivity contribution in [1.82, 2.24) is 10.4 Å². The van der Waals surface area contributed by atoms with Gasteiger partial charge in [0.15, 0.2) is 0 Å². The lowest BCUT2D eigenvalue weighted by molar-refractivity contribution is -0.191. The Morgan fingerprint density at radius 3 is 2.68 bits per heavy atom. The summed E-state index contributed by atoms with van der Waals surface area (Å²) in [5.41, 5.74) is 2.41. The maximum Gasteiger partial charge on any atom is 0.409 e. The molecule has 1 N–H and O–H groups in total. The summed E-state index contributed by atoms with van der Waals surface area (Å²) in [6.45, 7) is 2.69. The average Bonchev–Trinajstić information content (AvgIpc) is 3.06. The van der Waals surface area contributed by atoms with E-state index in [9.17, 15) is 18.0 Å². The van der Waals surface area contributed by atoms with E-state index in [0.29, 0.717) is 17.7 Å². The molecule has 3 rings (SSSR count). The molecule has 0 saturated carbocycles. The molecule has 1 fully saturated rings. The first-order valence-corrected chi connectivity index (χ1v) is 9.68. The molecular formula is C21H25F3N2O2. The normalized spacial score (nSPS) is 16.4. The first kappa shape index (κ1) is 20.5. The summed E-state index contributed by atoms with van der Waals surface area (Å²) in [5, 5.41) is 2.44. The Hall–Kier alpha value is -2.28. The van der Waals surface area contributed by atoms with Gasteiger partial charge in [0.05, 0.1) is 6.61 Å². The van der Waals surface area contributed by atoms with Crippen LogP contribution in [0.5, 0.6) is 5.75 Å². The number of rotatable bonds is 8. The van der Waals surface area contributed by atoms with Gasteiger partial charge in [0.2, 0.25) is 5.91 Å². The fourth-order valence-corrected chi connectivity index (χ4v) is 3.50. The quantitative estimate of drug-likeness (QED) is 0.631. The highest BCUT2D eigenvalue weighted by atomic mass is 19.4. The molecule has 2 aromatic rings. The zero-order chi connectivity index (χ0) is 20.1. The lowest BCUT2D eigenvalue weighted by Crippen LogP contribution is -2.43. The van der Waals surface area contributed by atoms with Crippen molar-refractivity contribution < 1.29 is 22.7 Å². The number of fused-ring (bicyclic) bond motifs is 1. The van der Waals surface area contributed by atoms with Gasteiger partial charge in [-0.05, 0) is 29.5 Å². The fraction of sp³-hybridized carbons (Fsp3) is 0.476. The summed E-state index contributed by atoms with van der Waals surface area (Å²) in [4.78, 5) is 11.4. The average molecular weight is 394 g/mol. The van der Waals surface area contributed by atoms with Crippen LogP contribution in [0.4, 0.5) is 13.2 Å². The van der Waals surface area contributed by atoms with Crippen LogP contribution in [0, 0.1) is 0 Å². The van der Waals surface area contributed by atoms with Crippen molar-refractivity contribution in [3.8, 4) is 5.75 Å². The topological polar surface area (TPSA) is 41.6 Å². The number of amides is 1. The fourth-order valence-electron chi connectivity index (χ4n) is 3.50. The van der Waals surface area contributed by atoms with Gasteiger partial charge in [-0.25, -0.2) is 5.01 Å². The number of nitrogens with one attached hydrogen (secondary N) is 1. The second-order valence-corrected chi connectivity index (χ2v) is 7.07. The molecule has 0 aliphatic carbocycles. The Balaban J connectivity index is 1.88. The van der Waals surface area contributed by atoms with Crippen LogP contribution in [0.2, 0.25) is 0 Å². The molecule has 7 heteroatoms. The van der Waals surface area contributed by atoms with E-state index in [0.717, 1.165) is 36.1 Å². The molecule has 0 radical (unpaired) electrons. The number of unbranched alkanes of at least 4 members (excludes halogenated alkanes) is 3. The van der Waals surface area contributed by atoms with Crippen LogP contribution in [0.25, 0.3) is 10.8 Å². The summed E-state index contributed by atoms with van der Waals surface area (Å²) in [7, 11) is 0. The zero-order valence-corrected chi connectivity index (χ0v) is 15.9. The number of hydrazine groups is 1. The van der Waals surface area contributed by atoms with E-state index >= 15 is 0 Å². The highest BCUT2D eigenvalue weighted by Gasteiger charge is 2.47. The van der Waals surface area contributed by atoms with Gasteiger partial charge < -0.3 is 4.74 Å². The molecule has 2 aromatic carbocycles. The van der Waals surface area contributed by atoms with Crippen LogP contribution in [-0.4, -0.2) is 30.2 Å². The number of benzene rings is 2. The van der Waals surface area contributed by atoms with E-state index in [2.05, 4.69) is 12.3 Å². The van der Waals surface area contributed by atoms with Crippen LogP contribution in [0.15, 0.2) is 36.4 Å². The molecule has 28 heavy (non-hydrogen) atoms. The molecule has 1 amide bonds. The van der Waals surface area contributed by atoms with Gasteiger partial charge in [0.25, 0.3) is 0 Å². The van der Waals surface area contributed by atoms with E-state index in [1.165, 1.54) is 12.1 Å². The molecule has 4 nitrogen and oxygen atoms in total. The van der Waals surface area contributed by atoms with Crippen molar-refractivity contribution in [2.24, 2.45) is 0 Å². The number of carbonyl (C=O) groups is 1. The molecule has 1 aliphatic rings. The largest absolute Gasteiger partial charge is 0.493 e. The number of halogens is 3. The smallest absolute Gasteiger partial charge is 0.409 e. The summed E-state index contributed by atoms with van der Waals surface area (Å²) in [6.07, 6.45) is -0.207. The number of alkyl halides is 3. The molecule has 1 heterocycles. The first-order valence-electron chi connectivity index (χ1n) is 9.68. The van der Waals surface area contributed by atoms with E-state index < -0.39 is 18.1 Å². The maximum atomic E-state index is 13.8. The molecule has 0 unspecified atom stereocenters.